The van der Waals surface area contributed by atoms with Crippen LogP contribution in [0.25, 0.3) is 0 Å². The van der Waals surface area contributed by atoms with Crippen molar-refractivity contribution in [2.24, 2.45) is 0 Å². The van der Waals surface area contributed by atoms with Crippen LogP contribution in [0.5, 0.6) is 0 Å². The number of hydrogen-bond acceptors (Lipinski definition) is 3. The Morgan fingerprint density at radius 3 is 2.64 bits per heavy atom. The smallest absolute Gasteiger partial charge is 0.410 e. The van der Waals surface area contributed by atoms with Crippen molar-refractivity contribution in [3.05, 3.63) is 0 Å². The maximum atomic E-state index is 12.1. The van der Waals surface area contributed by atoms with Crippen LogP contribution in [-0.4, -0.2) is 47.0 Å². The fraction of sp³-hybridized carbons (Fsp3) is 0.875. The van der Waals surface area contributed by atoms with E-state index in [2.05, 4.69) is 21.2 Å². The monoisotopic (exact) mass is 376 g/mol. The van der Waals surface area contributed by atoms with E-state index in [1.807, 2.05) is 20.8 Å². The van der Waals surface area contributed by atoms with E-state index in [0.717, 1.165) is 37.4 Å². The largest absolute Gasteiger partial charge is 0.444 e. The van der Waals surface area contributed by atoms with Crippen LogP contribution in [0.3, 0.4) is 0 Å². The van der Waals surface area contributed by atoms with Crippen LogP contribution < -0.4 is 5.32 Å². The van der Waals surface area contributed by atoms with Gasteiger partial charge in [0, 0.05) is 30.9 Å². The van der Waals surface area contributed by atoms with Crippen LogP contribution in [0.1, 0.15) is 59.3 Å². The summed E-state index contributed by atoms with van der Waals surface area (Å²) in [5.41, 5.74) is -0.483. The van der Waals surface area contributed by atoms with Gasteiger partial charge >= 0.3 is 6.09 Å². The molecule has 0 aromatic carbocycles. The van der Waals surface area contributed by atoms with Crippen LogP contribution in [0.15, 0.2) is 0 Å². The Morgan fingerprint density at radius 2 is 2.00 bits per heavy atom. The van der Waals surface area contributed by atoms with Crippen LogP contribution in [-0.2, 0) is 9.53 Å². The summed E-state index contributed by atoms with van der Waals surface area (Å²) in [4.78, 5) is 25.7. The number of ether oxygens (including phenoxy) is 1. The van der Waals surface area contributed by atoms with Gasteiger partial charge in [-0.2, -0.15) is 0 Å². The molecule has 2 amide bonds. The molecule has 1 atom stereocenters. The van der Waals surface area contributed by atoms with E-state index in [0.29, 0.717) is 19.5 Å². The van der Waals surface area contributed by atoms with Crippen LogP contribution >= 0.6 is 15.9 Å². The molecule has 0 radical (unpaired) electrons. The summed E-state index contributed by atoms with van der Waals surface area (Å²) in [5, 5.41) is 4.03. The molecule has 0 bridgehead atoms. The molecule has 1 unspecified atom stereocenters. The first kappa shape index (κ1) is 19.3. The molecular weight excluding hydrogens is 348 g/mol. The van der Waals surface area contributed by atoms with Gasteiger partial charge in [-0.25, -0.2) is 4.79 Å². The van der Waals surface area contributed by atoms with Gasteiger partial charge in [-0.05, 0) is 46.5 Å². The Morgan fingerprint density at radius 1 is 1.27 bits per heavy atom. The molecule has 1 fully saturated rings. The number of unbranched alkanes of at least 4 members (excludes halogenated alkanes) is 2. The van der Waals surface area contributed by atoms with E-state index in [4.69, 9.17) is 4.74 Å². The second-order valence-electron chi connectivity index (χ2n) is 6.83. The summed E-state index contributed by atoms with van der Waals surface area (Å²) in [6, 6.07) is 0.0462. The highest BCUT2D eigenvalue weighted by Gasteiger charge is 2.28. The van der Waals surface area contributed by atoms with E-state index in [1.54, 1.807) is 4.90 Å². The van der Waals surface area contributed by atoms with Gasteiger partial charge in [0.1, 0.15) is 5.60 Å². The predicted molar refractivity (Wildman–Crippen MR) is 91.2 cm³/mol. The Bertz CT molecular complexity index is 369. The number of amides is 2. The minimum Gasteiger partial charge on any atom is -0.444 e. The van der Waals surface area contributed by atoms with E-state index in [-0.39, 0.29) is 18.0 Å². The average Bonchev–Trinajstić information content (AvgIpc) is 2.42. The van der Waals surface area contributed by atoms with E-state index < -0.39 is 5.60 Å². The first-order valence-corrected chi connectivity index (χ1v) is 9.27. The minimum absolute atomic E-state index is 0.0462. The average molecular weight is 377 g/mol. The van der Waals surface area contributed by atoms with Crippen molar-refractivity contribution in [1.82, 2.24) is 10.2 Å². The number of piperidine rings is 1. The molecule has 0 saturated carbocycles. The van der Waals surface area contributed by atoms with Crippen LogP contribution in [0.4, 0.5) is 4.79 Å². The molecule has 5 nitrogen and oxygen atoms in total. The number of alkyl halides is 1. The van der Waals surface area contributed by atoms with Crippen molar-refractivity contribution in [3.8, 4) is 0 Å². The first-order valence-electron chi connectivity index (χ1n) is 8.15. The number of halogens is 1. The lowest BCUT2D eigenvalue weighted by Gasteiger charge is -2.34. The Kier molecular flexibility index (Phi) is 8.21. The normalized spacial score (nSPS) is 18.9. The lowest BCUT2D eigenvalue weighted by Crippen LogP contribution is -2.50. The summed E-state index contributed by atoms with van der Waals surface area (Å²) in [6.07, 6.45) is 5.18. The number of nitrogens with one attached hydrogen (secondary N) is 1. The maximum absolute atomic E-state index is 12.1. The fourth-order valence-corrected chi connectivity index (χ4v) is 2.84. The second-order valence-corrected chi connectivity index (χ2v) is 7.63. The predicted octanol–water partition coefficient (Wildman–Crippen LogP) is 3.46. The minimum atomic E-state index is -0.483. The molecule has 1 heterocycles. The quantitative estimate of drug-likeness (QED) is 0.570. The molecule has 22 heavy (non-hydrogen) atoms. The van der Waals surface area contributed by atoms with Gasteiger partial charge in [-0.15, -0.1) is 0 Å². The van der Waals surface area contributed by atoms with Gasteiger partial charge in [-0.3, -0.25) is 4.79 Å². The van der Waals surface area contributed by atoms with Crippen molar-refractivity contribution in [2.75, 3.05) is 18.4 Å². The molecule has 1 rings (SSSR count). The Labute approximate surface area is 142 Å². The molecule has 1 aliphatic rings. The second kappa shape index (κ2) is 9.38. The fourth-order valence-electron chi connectivity index (χ4n) is 2.44. The lowest BCUT2D eigenvalue weighted by molar-refractivity contribution is -0.122. The van der Waals surface area contributed by atoms with Gasteiger partial charge in [0.15, 0.2) is 0 Å². The molecule has 1 N–H and O–H groups in total. The number of nitrogens with zero attached hydrogens (tertiary/aromatic N) is 1. The zero-order valence-corrected chi connectivity index (χ0v) is 15.6. The number of carbonyl (C=O) groups excluding carboxylic acids is 2. The standard InChI is InChI=1S/C16H29BrN2O3/c1-16(2,3)22-15(21)19-11-7-8-13(12-19)18-14(20)9-5-4-6-10-17/h13H,4-12H2,1-3H3,(H,18,20). The molecule has 128 valence electrons. The Hall–Kier alpha value is -0.780. The number of rotatable bonds is 6. The molecule has 0 aliphatic carbocycles. The summed E-state index contributed by atoms with van der Waals surface area (Å²) < 4.78 is 5.39. The summed E-state index contributed by atoms with van der Waals surface area (Å²) in [7, 11) is 0. The summed E-state index contributed by atoms with van der Waals surface area (Å²) in [6.45, 7) is 6.83. The van der Waals surface area contributed by atoms with Crippen molar-refractivity contribution in [1.29, 1.82) is 0 Å². The number of carbonyl (C=O) groups is 2. The molecule has 0 aromatic heterocycles. The third-order valence-corrected chi connectivity index (χ3v) is 4.04. The summed E-state index contributed by atoms with van der Waals surface area (Å²) >= 11 is 3.39. The van der Waals surface area contributed by atoms with Crippen LogP contribution in [0, 0.1) is 0 Å². The molecule has 1 saturated heterocycles. The first-order chi connectivity index (χ1) is 10.3. The van der Waals surface area contributed by atoms with Gasteiger partial charge < -0.3 is 15.0 Å². The van der Waals surface area contributed by atoms with Crippen molar-refractivity contribution in [2.45, 2.75) is 70.9 Å². The molecule has 1 aliphatic heterocycles. The van der Waals surface area contributed by atoms with Gasteiger partial charge in [0.2, 0.25) is 5.91 Å². The number of hydrogen-bond donors (Lipinski definition) is 1. The van der Waals surface area contributed by atoms with E-state index in [1.165, 1.54) is 0 Å². The SMILES string of the molecule is CC(C)(C)OC(=O)N1CCCC(NC(=O)CCCCCBr)C1. The number of likely N-dealkylation sites (tertiary alicyclic amines) is 1. The lowest BCUT2D eigenvalue weighted by atomic mass is 10.1. The van der Waals surface area contributed by atoms with Gasteiger partial charge in [0.25, 0.3) is 0 Å². The molecule has 0 aromatic rings. The maximum Gasteiger partial charge on any atom is 0.410 e. The molecule has 0 spiro atoms. The zero-order valence-electron chi connectivity index (χ0n) is 14.0. The highest BCUT2D eigenvalue weighted by molar-refractivity contribution is 9.09. The van der Waals surface area contributed by atoms with Crippen molar-refractivity contribution >= 4 is 27.9 Å². The van der Waals surface area contributed by atoms with Gasteiger partial charge in [0.05, 0.1) is 0 Å². The van der Waals surface area contributed by atoms with Crippen molar-refractivity contribution in [3.63, 3.8) is 0 Å². The molecular formula is C16H29BrN2O3. The highest BCUT2D eigenvalue weighted by Crippen LogP contribution is 2.15. The third kappa shape index (κ3) is 8.01. The van der Waals surface area contributed by atoms with E-state index >= 15 is 0 Å². The van der Waals surface area contributed by atoms with Crippen molar-refractivity contribution < 1.29 is 14.3 Å². The zero-order chi connectivity index (χ0) is 16.6. The highest BCUT2D eigenvalue weighted by atomic mass is 79.9. The molecule has 6 heteroatoms. The van der Waals surface area contributed by atoms with E-state index in [9.17, 15) is 9.59 Å². The summed E-state index contributed by atoms with van der Waals surface area (Å²) in [5.74, 6) is 0.0885. The van der Waals surface area contributed by atoms with Gasteiger partial charge in [-0.1, -0.05) is 22.4 Å². The Balaban J connectivity index is 2.33. The van der Waals surface area contributed by atoms with Crippen LogP contribution in [0.2, 0.25) is 0 Å². The third-order valence-electron chi connectivity index (χ3n) is 3.48. The topological polar surface area (TPSA) is 58.6 Å².